The quantitative estimate of drug-likeness (QED) is 0.0529. The Morgan fingerprint density at radius 2 is 1.03 bits per heavy atom. The number of nitrogen functional groups attached to an aromatic ring is 2. The summed E-state index contributed by atoms with van der Waals surface area (Å²) in [5, 5.41) is 21.5. The smallest absolute Gasteiger partial charge is 0.412 e. The molecule has 24 nitrogen and oxygen atoms in total. The van der Waals surface area contributed by atoms with Gasteiger partial charge < -0.3 is 35.9 Å². The van der Waals surface area contributed by atoms with Crippen molar-refractivity contribution in [2.75, 3.05) is 22.1 Å². The molecule has 0 aliphatic rings. The van der Waals surface area contributed by atoms with E-state index in [4.69, 9.17) is 20.9 Å². The molecule has 0 bridgehead atoms. The third-order valence-electron chi connectivity index (χ3n) is 9.14. The Morgan fingerprint density at radius 1 is 0.564 bits per heavy atom. The van der Waals surface area contributed by atoms with Crippen LogP contribution in [-0.2, 0) is 22.7 Å². The van der Waals surface area contributed by atoms with Gasteiger partial charge in [0.25, 0.3) is 22.2 Å². The first kappa shape index (κ1) is 59.0. The molecular weight excluding hydrogens is 1130 g/mol. The van der Waals surface area contributed by atoms with Crippen molar-refractivity contribution in [3.05, 3.63) is 264 Å². The van der Waals surface area contributed by atoms with Gasteiger partial charge in [-0.05, 0) is 81.7 Å². The average Bonchev–Trinajstić information content (AvgIpc) is 4.29. The molecule has 28 heteroatoms. The van der Waals surface area contributed by atoms with Crippen molar-refractivity contribution < 1.29 is 24.0 Å². The van der Waals surface area contributed by atoms with E-state index in [1.807, 2.05) is 71.4 Å². The minimum Gasteiger partial charge on any atom is -0.444 e. The number of amides is 2. The normalized spacial score (nSPS) is 9.76. The molecule has 0 spiro atoms. The third-order valence-corrected chi connectivity index (χ3v) is 12.0. The molecule has 0 fully saturated rings. The first-order valence-corrected chi connectivity index (χ1v) is 25.5. The fourth-order valence-electron chi connectivity index (χ4n) is 5.53. The van der Waals surface area contributed by atoms with Crippen LogP contribution < -0.4 is 49.9 Å². The van der Waals surface area contributed by atoms with E-state index in [9.17, 15) is 43.7 Å². The number of nitro groups is 1. The lowest BCUT2D eigenvalue weighted by molar-refractivity contribution is -0.386. The largest absolute Gasteiger partial charge is 0.444 e. The van der Waals surface area contributed by atoms with Crippen LogP contribution >= 0.6 is 49.9 Å². The molecule has 8 heterocycles. The second-order valence-electron chi connectivity index (χ2n) is 14.5. The predicted octanol–water partition coefficient (Wildman–Crippen LogP) is 8.19. The monoisotopic (exact) mass is 1180 g/mol. The number of halogens is 1. The predicted molar refractivity (Wildman–Crippen MR) is 302 cm³/mol. The molecule has 9 N–H and O–H groups in total. The minimum atomic E-state index is -0.723. The van der Waals surface area contributed by atoms with Gasteiger partial charge >= 0.3 is 23.4 Å². The number of anilines is 4. The van der Waals surface area contributed by atoms with Gasteiger partial charge in [-0.1, -0.05) is 60.7 Å². The number of pyridine rings is 5. The molecule has 0 aliphatic heterocycles. The molecule has 0 radical (unpaired) electrons. The number of aromatic nitrogens is 8. The zero-order valence-electron chi connectivity index (χ0n) is 40.2. The highest BCUT2D eigenvalue weighted by Gasteiger charge is 2.12. The topological polar surface area (TPSA) is 353 Å². The van der Waals surface area contributed by atoms with Crippen molar-refractivity contribution in [1.29, 1.82) is 0 Å². The van der Waals surface area contributed by atoms with Crippen molar-refractivity contribution in [2.45, 2.75) is 13.2 Å². The van der Waals surface area contributed by atoms with Crippen LogP contribution in [0.1, 0.15) is 11.1 Å². The maximum atomic E-state index is 12.3. The molecule has 8 aromatic heterocycles. The first-order valence-electron chi connectivity index (χ1n) is 22.1. The Balaban J connectivity index is 0.000000182. The van der Waals surface area contributed by atoms with Crippen LogP contribution in [0.4, 0.5) is 38.0 Å². The van der Waals surface area contributed by atoms with E-state index in [0.717, 1.165) is 21.1 Å². The number of hydrogen-bond donors (Lipinski definition) is 7. The Morgan fingerprint density at radius 3 is 1.46 bits per heavy atom. The van der Waals surface area contributed by atoms with Gasteiger partial charge in [0, 0.05) is 71.8 Å². The van der Waals surface area contributed by atoms with E-state index in [0.29, 0.717) is 10.3 Å². The summed E-state index contributed by atoms with van der Waals surface area (Å²) in [6.45, 7) is 0.303. The maximum Gasteiger partial charge on any atom is 0.412 e. The number of aromatic amines is 3. The van der Waals surface area contributed by atoms with Crippen LogP contribution in [-0.4, -0.2) is 56.1 Å². The van der Waals surface area contributed by atoms with E-state index < -0.39 is 28.4 Å². The molecule has 0 aliphatic carbocycles. The number of carbonyl (C=O) groups excluding carboxylic acids is 2. The number of rotatable bonds is 9. The van der Waals surface area contributed by atoms with Gasteiger partial charge in [-0.15, -0.1) is 34.0 Å². The highest BCUT2D eigenvalue weighted by molar-refractivity contribution is 9.11. The van der Waals surface area contributed by atoms with Crippen LogP contribution in [0.25, 0.3) is 10.3 Å². The van der Waals surface area contributed by atoms with Crippen LogP contribution in [0, 0.1) is 10.1 Å². The molecule has 0 saturated heterocycles. The fourth-order valence-corrected chi connectivity index (χ4v) is 7.57. The summed E-state index contributed by atoms with van der Waals surface area (Å²) in [4.78, 5) is 108. The van der Waals surface area contributed by atoms with Gasteiger partial charge in [0.05, 0.1) is 16.3 Å². The van der Waals surface area contributed by atoms with Gasteiger partial charge in [0.15, 0.2) is 14.2 Å². The van der Waals surface area contributed by atoms with E-state index in [1.165, 1.54) is 62.4 Å². The number of thiazole rings is 3. The van der Waals surface area contributed by atoms with Crippen molar-refractivity contribution in [3.8, 4) is 10.3 Å². The van der Waals surface area contributed by atoms with Crippen LogP contribution in [0.15, 0.2) is 215 Å². The highest BCUT2D eigenvalue weighted by Crippen LogP contribution is 2.12. The summed E-state index contributed by atoms with van der Waals surface area (Å²) in [7, 11) is 0. The molecule has 0 saturated carbocycles. The standard InChI is InChI=1S/C16H13N3O3S.C13H12N2O3.C8H7N3OS.C5H4N2O3.C5H6N2O.C3H2BrNS/c20-14-13(7-4-9-19(14)15-17-8-10-23-15)18-16(21)22-11-12-5-2-1-3-6-12;16-12-11(7-4-8-14-12)15-13(17)18-9-10-5-2-1-3-6-10;9-6-2-1-4-11(7(6)12)8-10-3-5-13-8;8-5-4(7(9)10)2-1-3-6-5;6-4-2-1-3-7-5(4)8;4-3-5-1-2-6-3/h1-10H,11H2,(H,18,21);1-8H,9H2,(H,14,16)(H,15,17);1-5H,9H2;1-3H,(H,6,8);1-3H,6H2,(H,7,8);1-2H. The molecule has 0 unspecified atom stereocenters. The summed E-state index contributed by atoms with van der Waals surface area (Å²) in [5.74, 6) is 0. The van der Waals surface area contributed by atoms with Gasteiger partial charge in [-0.25, -0.2) is 24.5 Å². The van der Waals surface area contributed by atoms with Gasteiger partial charge in [0.1, 0.15) is 24.6 Å². The number of H-pyrrole nitrogens is 3. The molecular formula is C50H44BrN13O11S3. The Kier molecular flexibility index (Phi) is 24.0. The summed E-state index contributed by atoms with van der Waals surface area (Å²) in [6, 6.07) is 34.0. The Labute approximate surface area is 460 Å². The van der Waals surface area contributed by atoms with Crippen molar-refractivity contribution in [3.63, 3.8) is 0 Å². The van der Waals surface area contributed by atoms with Crippen molar-refractivity contribution in [1.82, 2.24) is 39.0 Å². The number of ether oxygens (including phenoxy) is 2. The zero-order valence-corrected chi connectivity index (χ0v) is 44.3. The van der Waals surface area contributed by atoms with E-state index in [2.05, 4.69) is 56.5 Å². The number of hydrogen-bond acceptors (Lipinski definition) is 19. The Bertz CT molecular complexity index is 3730. The lowest BCUT2D eigenvalue weighted by Gasteiger charge is -2.08. The SMILES string of the molecule is Brc1nccs1.Nc1ccc[nH]c1=O.Nc1cccn(-c2nccs2)c1=O.O=C(Nc1ccc[nH]c1=O)OCc1ccccc1.O=C(Nc1cccn(-c2nccs2)c1=O)OCc1ccccc1.O=c1[nH]cccc1[N+](=O)[O-]. The number of nitrogens with zero attached hydrogens (tertiary/aromatic N) is 6. The second-order valence-corrected chi connectivity index (χ2v) is 18.4. The molecule has 2 amide bonds. The number of nitrogens with one attached hydrogen (secondary N) is 5. The lowest BCUT2D eigenvalue weighted by atomic mass is 10.2. The van der Waals surface area contributed by atoms with E-state index >= 15 is 0 Å². The van der Waals surface area contributed by atoms with Gasteiger partial charge in [-0.3, -0.25) is 53.9 Å². The summed E-state index contributed by atoms with van der Waals surface area (Å²) in [6.07, 6.45) is 11.3. The van der Waals surface area contributed by atoms with Crippen molar-refractivity contribution in [2.24, 2.45) is 0 Å². The van der Waals surface area contributed by atoms with Crippen molar-refractivity contribution >= 4 is 90.6 Å². The van der Waals surface area contributed by atoms with Crippen LogP contribution in [0.2, 0.25) is 0 Å². The Hall–Kier alpha value is -9.90. The first-order chi connectivity index (χ1) is 37.7. The van der Waals surface area contributed by atoms with Gasteiger partial charge in [-0.2, -0.15) is 0 Å². The van der Waals surface area contributed by atoms with E-state index in [-0.39, 0.29) is 58.2 Å². The minimum absolute atomic E-state index is 0.139. The molecule has 400 valence electrons. The second kappa shape index (κ2) is 31.7. The highest BCUT2D eigenvalue weighted by atomic mass is 79.9. The average molecular weight is 1180 g/mol. The molecule has 78 heavy (non-hydrogen) atoms. The number of benzene rings is 2. The fraction of sp³-hybridized carbons (Fsp3) is 0.0400. The maximum absolute atomic E-state index is 12.3. The molecule has 2 aromatic carbocycles. The summed E-state index contributed by atoms with van der Waals surface area (Å²) >= 11 is 7.50. The molecule has 10 rings (SSSR count). The summed E-state index contributed by atoms with van der Waals surface area (Å²) in [5.41, 5.74) is 10.9. The number of carbonyl (C=O) groups is 2. The molecule has 0 atom stereocenters. The van der Waals surface area contributed by atoms with Crippen LogP contribution in [0.3, 0.4) is 0 Å². The lowest BCUT2D eigenvalue weighted by Crippen LogP contribution is -2.24. The summed E-state index contributed by atoms with van der Waals surface area (Å²) < 4.78 is 13.8. The molecule has 10 aromatic rings. The van der Waals surface area contributed by atoms with Gasteiger partial charge in [0.2, 0.25) is 0 Å². The zero-order chi connectivity index (χ0) is 56.1. The number of nitrogens with two attached hydrogens (primary N) is 2. The van der Waals surface area contributed by atoms with E-state index in [1.54, 1.807) is 90.3 Å². The van der Waals surface area contributed by atoms with Crippen LogP contribution in [0.5, 0.6) is 0 Å². The third kappa shape index (κ3) is 20.1.